The van der Waals surface area contributed by atoms with Crippen LogP contribution in [-0.4, -0.2) is 26.1 Å². The monoisotopic (exact) mass is 302 g/mol. The minimum absolute atomic E-state index is 0.0565. The maximum absolute atomic E-state index is 13.7. The summed E-state index contributed by atoms with van der Waals surface area (Å²) in [7, 11) is 0. The predicted molar refractivity (Wildman–Crippen MR) is 71.7 cm³/mol. The molecule has 2 aromatic heterocycles. The van der Waals surface area contributed by atoms with Gasteiger partial charge >= 0.3 is 5.97 Å². The fraction of sp³-hybridized carbons (Fsp3) is 0.143. The third-order valence-electron chi connectivity index (χ3n) is 3.00. The first-order chi connectivity index (χ1) is 10.6. The van der Waals surface area contributed by atoms with Crippen molar-refractivity contribution in [1.82, 2.24) is 20.1 Å². The van der Waals surface area contributed by atoms with Gasteiger partial charge < -0.3 is 4.74 Å². The van der Waals surface area contributed by atoms with E-state index in [9.17, 15) is 9.18 Å². The zero-order valence-electron chi connectivity index (χ0n) is 11.6. The molecule has 0 N–H and O–H groups in total. The summed E-state index contributed by atoms with van der Waals surface area (Å²) >= 11 is 0. The van der Waals surface area contributed by atoms with Crippen LogP contribution in [0.4, 0.5) is 4.39 Å². The second kappa shape index (κ2) is 5.76. The maximum atomic E-state index is 13.7. The van der Waals surface area contributed by atoms with Gasteiger partial charge in [-0.1, -0.05) is 22.4 Å². The van der Waals surface area contributed by atoms with Crippen LogP contribution in [0.15, 0.2) is 41.3 Å². The Morgan fingerprint density at radius 1 is 1.36 bits per heavy atom. The standard InChI is InChI=1S/C14H11FN4O3/c1-9-12(18-22-17-9)8-21-14(20)10-6-16-19(7-10)13-5-3-2-4-11(13)15/h2-7H,8H2,1H3. The number of esters is 1. The summed E-state index contributed by atoms with van der Waals surface area (Å²) in [6, 6.07) is 6.13. The van der Waals surface area contributed by atoms with Crippen molar-refractivity contribution in [3.8, 4) is 5.69 Å². The lowest BCUT2D eigenvalue weighted by molar-refractivity contribution is 0.0463. The van der Waals surface area contributed by atoms with Gasteiger partial charge in [0.15, 0.2) is 0 Å². The predicted octanol–water partition coefficient (Wildman–Crippen LogP) is 2.06. The Hall–Kier alpha value is -3.03. The summed E-state index contributed by atoms with van der Waals surface area (Å²) in [5.74, 6) is -1.03. The molecule has 3 aromatic rings. The number of ether oxygens (including phenoxy) is 1. The number of nitrogens with zero attached hydrogens (tertiary/aromatic N) is 4. The summed E-state index contributed by atoms with van der Waals surface area (Å²) in [6.07, 6.45) is 2.71. The van der Waals surface area contributed by atoms with Gasteiger partial charge in [-0.25, -0.2) is 18.5 Å². The van der Waals surface area contributed by atoms with Crippen LogP contribution >= 0.6 is 0 Å². The van der Waals surface area contributed by atoms with E-state index < -0.39 is 11.8 Å². The van der Waals surface area contributed by atoms with Crippen molar-refractivity contribution in [3.05, 3.63) is 59.4 Å². The second-order valence-electron chi connectivity index (χ2n) is 4.50. The number of hydrogen-bond donors (Lipinski definition) is 0. The first-order valence-electron chi connectivity index (χ1n) is 6.40. The molecule has 3 rings (SSSR count). The zero-order valence-corrected chi connectivity index (χ0v) is 11.6. The number of rotatable bonds is 4. The van der Waals surface area contributed by atoms with Crippen molar-refractivity contribution < 1.29 is 18.6 Å². The third-order valence-corrected chi connectivity index (χ3v) is 3.00. The molecule has 0 fully saturated rings. The topological polar surface area (TPSA) is 83.0 Å². The fourth-order valence-corrected chi connectivity index (χ4v) is 1.80. The van der Waals surface area contributed by atoms with Crippen LogP contribution in [0.1, 0.15) is 21.7 Å². The van der Waals surface area contributed by atoms with Crippen LogP contribution in [0.2, 0.25) is 0 Å². The molecule has 0 aliphatic rings. The quantitative estimate of drug-likeness (QED) is 0.686. The highest BCUT2D eigenvalue weighted by atomic mass is 19.1. The first-order valence-corrected chi connectivity index (χ1v) is 6.40. The molecule has 22 heavy (non-hydrogen) atoms. The van der Waals surface area contributed by atoms with Crippen LogP contribution < -0.4 is 0 Å². The molecular formula is C14H11FN4O3. The lowest BCUT2D eigenvalue weighted by atomic mass is 10.3. The SMILES string of the molecule is Cc1nonc1COC(=O)c1cnn(-c2ccccc2F)c1. The lowest BCUT2D eigenvalue weighted by Gasteiger charge is -2.02. The molecule has 0 unspecified atom stereocenters. The Morgan fingerprint density at radius 3 is 2.91 bits per heavy atom. The van der Waals surface area contributed by atoms with E-state index in [0.29, 0.717) is 11.4 Å². The van der Waals surface area contributed by atoms with E-state index in [1.165, 1.54) is 23.1 Å². The smallest absolute Gasteiger partial charge is 0.341 e. The van der Waals surface area contributed by atoms with Crippen molar-refractivity contribution in [1.29, 1.82) is 0 Å². The molecule has 0 amide bonds. The highest BCUT2D eigenvalue weighted by molar-refractivity contribution is 5.88. The maximum Gasteiger partial charge on any atom is 0.341 e. The van der Waals surface area contributed by atoms with E-state index in [4.69, 9.17) is 4.74 Å². The largest absolute Gasteiger partial charge is 0.455 e. The summed E-state index contributed by atoms with van der Waals surface area (Å²) < 4.78 is 24.5. The molecule has 0 aliphatic carbocycles. The number of aryl methyl sites for hydroxylation is 1. The Bertz CT molecular complexity index is 812. The molecule has 8 heteroatoms. The highest BCUT2D eigenvalue weighted by Gasteiger charge is 2.14. The van der Waals surface area contributed by atoms with Gasteiger partial charge in [0.05, 0.1) is 11.8 Å². The van der Waals surface area contributed by atoms with E-state index >= 15 is 0 Å². The summed E-state index contributed by atoms with van der Waals surface area (Å²) in [5, 5.41) is 11.2. The molecule has 112 valence electrons. The first kappa shape index (κ1) is 13.9. The van der Waals surface area contributed by atoms with Crippen molar-refractivity contribution in [2.75, 3.05) is 0 Å². The Kier molecular flexibility index (Phi) is 3.65. The van der Waals surface area contributed by atoms with Gasteiger partial charge in [-0.05, 0) is 19.1 Å². The normalized spacial score (nSPS) is 10.6. The zero-order chi connectivity index (χ0) is 15.5. The molecule has 2 heterocycles. The van der Waals surface area contributed by atoms with Crippen LogP contribution in [0, 0.1) is 12.7 Å². The molecule has 7 nitrogen and oxygen atoms in total. The van der Waals surface area contributed by atoms with Crippen molar-refractivity contribution in [2.45, 2.75) is 13.5 Å². The Morgan fingerprint density at radius 2 is 2.18 bits per heavy atom. The van der Waals surface area contributed by atoms with Crippen LogP contribution in [0.5, 0.6) is 0 Å². The number of hydrogen-bond acceptors (Lipinski definition) is 6. The van der Waals surface area contributed by atoms with Crippen molar-refractivity contribution in [3.63, 3.8) is 0 Å². The van der Waals surface area contributed by atoms with Crippen LogP contribution in [0.25, 0.3) is 5.69 Å². The second-order valence-corrected chi connectivity index (χ2v) is 4.50. The number of para-hydroxylation sites is 1. The number of carbonyl (C=O) groups excluding carboxylic acids is 1. The highest BCUT2D eigenvalue weighted by Crippen LogP contribution is 2.13. The molecule has 1 aromatic carbocycles. The number of halogens is 1. The van der Waals surface area contributed by atoms with Gasteiger partial charge in [0.25, 0.3) is 0 Å². The Balaban J connectivity index is 1.72. The Labute approximate surface area is 124 Å². The number of carbonyl (C=O) groups is 1. The summed E-state index contributed by atoms with van der Waals surface area (Å²) in [4.78, 5) is 11.9. The molecule has 0 atom stereocenters. The minimum Gasteiger partial charge on any atom is -0.455 e. The van der Waals surface area contributed by atoms with Gasteiger partial charge in [-0.2, -0.15) is 5.10 Å². The van der Waals surface area contributed by atoms with E-state index in [2.05, 4.69) is 20.0 Å². The minimum atomic E-state index is -0.593. The third kappa shape index (κ3) is 2.71. The molecule has 0 spiro atoms. The molecule has 0 saturated carbocycles. The summed E-state index contributed by atoms with van der Waals surface area (Å²) in [6.45, 7) is 1.63. The van der Waals surface area contributed by atoms with Crippen molar-refractivity contribution >= 4 is 5.97 Å². The molecule has 0 saturated heterocycles. The van der Waals surface area contributed by atoms with Gasteiger partial charge in [0.2, 0.25) is 0 Å². The van der Waals surface area contributed by atoms with Crippen molar-refractivity contribution in [2.24, 2.45) is 0 Å². The van der Waals surface area contributed by atoms with Gasteiger partial charge in [0, 0.05) is 6.20 Å². The van der Waals surface area contributed by atoms with Gasteiger partial charge in [-0.3, -0.25) is 0 Å². The fourth-order valence-electron chi connectivity index (χ4n) is 1.80. The lowest BCUT2D eigenvalue weighted by Crippen LogP contribution is -2.05. The molecule has 0 radical (unpaired) electrons. The summed E-state index contributed by atoms with van der Waals surface area (Å²) in [5.41, 5.74) is 1.44. The van der Waals surface area contributed by atoms with E-state index in [1.807, 2.05) is 0 Å². The molecule has 0 bridgehead atoms. The van der Waals surface area contributed by atoms with Gasteiger partial charge in [0.1, 0.15) is 29.5 Å². The van der Waals surface area contributed by atoms with Gasteiger partial charge in [-0.15, -0.1) is 0 Å². The number of benzene rings is 1. The molecular weight excluding hydrogens is 291 g/mol. The number of aromatic nitrogens is 4. The van der Waals surface area contributed by atoms with E-state index in [1.54, 1.807) is 25.1 Å². The molecule has 0 aliphatic heterocycles. The van der Waals surface area contributed by atoms with Crippen LogP contribution in [0.3, 0.4) is 0 Å². The van der Waals surface area contributed by atoms with E-state index in [0.717, 1.165) is 0 Å². The average molecular weight is 302 g/mol. The van der Waals surface area contributed by atoms with Crippen LogP contribution in [-0.2, 0) is 11.3 Å². The van der Waals surface area contributed by atoms with E-state index in [-0.39, 0.29) is 17.9 Å². The average Bonchev–Trinajstić information content (AvgIpc) is 3.14.